The van der Waals surface area contributed by atoms with Crippen LogP contribution in [0.15, 0.2) is 60.7 Å². The summed E-state index contributed by atoms with van der Waals surface area (Å²) in [5, 5.41) is 2.79. The molecule has 2 rings (SSSR count). The van der Waals surface area contributed by atoms with Crippen molar-refractivity contribution >= 4 is 38.2 Å². The second-order valence-electron chi connectivity index (χ2n) is 2.90. The Balaban J connectivity index is 0.000000509. The summed E-state index contributed by atoms with van der Waals surface area (Å²) in [6.07, 6.45) is 0. The van der Waals surface area contributed by atoms with Gasteiger partial charge in [0.1, 0.15) is 0 Å². The molecule has 0 N–H and O–H groups in total. The van der Waals surface area contributed by atoms with Crippen molar-refractivity contribution in [1.82, 2.24) is 0 Å². The van der Waals surface area contributed by atoms with Gasteiger partial charge in [-0.05, 0) is 10.6 Å². The topological polar surface area (TPSA) is 0 Å². The van der Waals surface area contributed by atoms with Crippen molar-refractivity contribution in [3.8, 4) is 0 Å². The molecule has 0 unspecified atom stereocenters. The summed E-state index contributed by atoms with van der Waals surface area (Å²) >= 11 is -0.106. The average molecular weight is 394 g/mol. The van der Waals surface area contributed by atoms with E-state index in [1.807, 2.05) is 13.8 Å². The van der Waals surface area contributed by atoms with Crippen LogP contribution in [-0.4, -0.2) is 0 Å². The van der Waals surface area contributed by atoms with E-state index in [2.05, 4.69) is 60.7 Å². The van der Waals surface area contributed by atoms with Gasteiger partial charge in [-0.25, -0.2) is 0 Å². The molecule has 18 heavy (non-hydrogen) atoms. The van der Waals surface area contributed by atoms with Gasteiger partial charge in [0.25, 0.3) is 0 Å². The predicted octanol–water partition coefficient (Wildman–Crippen LogP) is 4.72. The number of benzene rings is 2. The number of rotatable bonds is 2. The second kappa shape index (κ2) is 13.5. The van der Waals surface area contributed by atoms with Crippen LogP contribution in [0, 0.1) is 0 Å². The standard InChI is InChI=1S/C12H11P.C2H6.2ClH.Pd/c1-3-7-11(8-4-1)13-12-9-5-2-6-10-12;1-2;;;/h1-10,13H;1-2H3;2*1H;/q;;;;+2/p-2. The maximum Gasteiger partial charge on any atom is -0.0226 e. The summed E-state index contributed by atoms with van der Waals surface area (Å²) in [6.45, 7) is 4.00. The predicted molar refractivity (Wildman–Crippen MR) is 83.5 cm³/mol. The van der Waals surface area contributed by atoms with Gasteiger partial charge >= 0.3 is 35.0 Å². The summed E-state index contributed by atoms with van der Waals surface area (Å²) in [5.74, 6) is 0. The molecule has 2 aromatic carbocycles. The van der Waals surface area contributed by atoms with Gasteiger partial charge in [0, 0.05) is 0 Å². The molecule has 0 saturated carbocycles. The summed E-state index contributed by atoms with van der Waals surface area (Å²) in [5.41, 5.74) is 0. The van der Waals surface area contributed by atoms with Crippen LogP contribution in [0.5, 0.6) is 0 Å². The van der Waals surface area contributed by atoms with Gasteiger partial charge in [-0.2, -0.15) is 0 Å². The minimum Gasteiger partial charge on any atom is -0.0622 e. The van der Waals surface area contributed by atoms with Crippen LogP contribution in [-0.2, 0) is 15.9 Å². The van der Waals surface area contributed by atoms with Crippen molar-refractivity contribution < 1.29 is 15.9 Å². The van der Waals surface area contributed by atoms with E-state index < -0.39 is 0 Å². The Labute approximate surface area is 128 Å². The molecule has 2 aromatic rings. The first kappa shape index (κ1) is 18.1. The van der Waals surface area contributed by atoms with E-state index in [-0.39, 0.29) is 15.9 Å². The van der Waals surface area contributed by atoms with Crippen molar-refractivity contribution in [3.63, 3.8) is 0 Å². The molecule has 0 radical (unpaired) electrons. The smallest absolute Gasteiger partial charge is 0.0226 e. The second-order valence-corrected chi connectivity index (χ2v) is 6.67. The first-order valence-electron chi connectivity index (χ1n) is 5.56. The van der Waals surface area contributed by atoms with E-state index in [4.69, 9.17) is 19.1 Å². The molecular weight excluding hydrogens is 376 g/mol. The van der Waals surface area contributed by atoms with E-state index in [1.165, 1.54) is 10.6 Å². The van der Waals surface area contributed by atoms with E-state index in [0.29, 0.717) is 0 Å². The fourth-order valence-electron chi connectivity index (χ4n) is 1.21. The maximum atomic E-state index is 4.81. The molecule has 0 saturated heterocycles. The average Bonchev–Trinajstić information content (AvgIpc) is 2.44. The molecule has 102 valence electrons. The molecule has 0 aliphatic carbocycles. The number of hydrogen-bond donors (Lipinski definition) is 0. The van der Waals surface area contributed by atoms with Crippen molar-refractivity contribution in [1.29, 1.82) is 0 Å². The Morgan fingerprint density at radius 2 is 1.00 bits per heavy atom. The van der Waals surface area contributed by atoms with Gasteiger partial charge in [0.2, 0.25) is 0 Å². The van der Waals surface area contributed by atoms with Gasteiger partial charge in [-0.1, -0.05) is 83.1 Å². The Kier molecular flexibility index (Phi) is 13.6. The molecule has 0 aliphatic heterocycles. The fourth-order valence-corrected chi connectivity index (χ4v) is 2.26. The Morgan fingerprint density at radius 1 is 0.722 bits per heavy atom. The molecule has 0 aromatic heterocycles. The van der Waals surface area contributed by atoms with Crippen LogP contribution in [0.1, 0.15) is 13.8 Å². The third kappa shape index (κ3) is 9.10. The molecule has 0 spiro atoms. The van der Waals surface area contributed by atoms with Crippen molar-refractivity contribution in [2.75, 3.05) is 0 Å². The Bertz CT molecular complexity index is 344. The van der Waals surface area contributed by atoms with Crippen LogP contribution in [0.4, 0.5) is 0 Å². The fraction of sp³-hybridized carbons (Fsp3) is 0.143. The van der Waals surface area contributed by atoms with Crippen LogP contribution in [0.3, 0.4) is 0 Å². The molecule has 0 aliphatic rings. The van der Waals surface area contributed by atoms with Crippen molar-refractivity contribution in [3.05, 3.63) is 60.7 Å². The maximum absolute atomic E-state index is 4.81. The third-order valence-electron chi connectivity index (χ3n) is 1.84. The summed E-state index contributed by atoms with van der Waals surface area (Å²) < 4.78 is 0. The summed E-state index contributed by atoms with van der Waals surface area (Å²) in [7, 11) is 10.4. The molecule has 0 nitrogen and oxygen atoms in total. The molecule has 4 heteroatoms. The van der Waals surface area contributed by atoms with Crippen molar-refractivity contribution in [2.45, 2.75) is 13.8 Å². The largest absolute Gasteiger partial charge is 0.0622 e. The van der Waals surface area contributed by atoms with Gasteiger partial charge in [-0.15, -0.1) is 0 Å². The molecule has 0 fully saturated rings. The van der Waals surface area contributed by atoms with Crippen molar-refractivity contribution in [2.24, 2.45) is 0 Å². The van der Waals surface area contributed by atoms with E-state index in [9.17, 15) is 0 Å². The summed E-state index contributed by atoms with van der Waals surface area (Å²) in [4.78, 5) is 0. The molecule has 0 heterocycles. The Morgan fingerprint density at radius 3 is 1.28 bits per heavy atom. The first-order valence-corrected chi connectivity index (χ1v) is 10.6. The minimum absolute atomic E-state index is 0.106. The van der Waals surface area contributed by atoms with Gasteiger partial charge in [-0.3, -0.25) is 0 Å². The van der Waals surface area contributed by atoms with Gasteiger partial charge in [0.05, 0.1) is 0 Å². The zero-order valence-electron chi connectivity index (χ0n) is 10.3. The normalized spacial score (nSPS) is 8.67. The van der Waals surface area contributed by atoms with E-state index in [1.54, 1.807) is 0 Å². The minimum atomic E-state index is -0.106. The SMILES string of the molecule is CC.[Cl][Pd][Cl].c1ccc(Pc2ccccc2)cc1. The molecular formula is C14H17Cl2PPd. The van der Waals surface area contributed by atoms with Crippen LogP contribution < -0.4 is 10.6 Å². The summed E-state index contributed by atoms with van der Waals surface area (Å²) in [6, 6.07) is 21.2. The quantitative estimate of drug-likeness (QED) is 0.512. The number of hydrogen-bond acceptors (Lipinski definition) is 0. The van der Waals surface area contributed by atoms with E-state index >= 15 is 0 Å². The zero-order valence-corrected chi connectivity index (χ0v) is 14.4. The number of halogens is 2. The monoisotopic (exact) mass is 392 g/mol. The van der Waals surface area contributed by atoms with Crippen LogP contribution >= 0.6 is 27.6 Å². The van der Waals surface area contributed by atoms with Gasteiger partial charge < -0.3 is 0 Å². The van der Waals surface area contributed by atoms with Crippen LogP contribution in [0.2, 0.25) is 0 Å². The Hall–Kier alpha value is 0.112. The first-order chi connectivity index (χ1) is 8.86. The van der Waals surface area contributed by atoms with E-state index in [0.717, 1.165) is 8.58 Å². The van der Waals surface area contributed by atoms with Gasteiger partial charge in [0.15, 0.2) is 0 Å². The molecule has 0 amide bonds. The molecule has 0 atom stereocenters. The zero-order chi connectivity index (χ0) is 13.6. The molecule has 0 bridgehead atoms. The third-order valence-corrected chi connectivity index (χ3v) is 3.08. The van der Waals surface area contributed by atoms with Crippen LogP contribution in [0.25, 0.3) is 0 Å².